The highest BCUT2D eigenvalue weighted by Gasteiger charge is 2.42. The summed E-state index contributed by atoms with van der Waals surface area (Å²) < 4.78 is 51.9. The Balaban J connectivity index is 0.000000147. The summed E-state index contributed by atoms with van der Waals surface area (Å²) in [4.78, 5) is 119. The number of hydrogen-bond acceptors (Lipinski definition) is 26. The maximum Gasteiger partial charge on any atom is 0.355 e. The standard InChI is InChI=1S/3C18H14ClNO4.C17H11BrClNO4.C17H12ClNO5/c1-11-7-5-6-10-13(11)20-15-14(19)17(22)24-18(15)23-16(21)12-8-3-2-4-9-12;1-11-6-5-9-13(10-11)20-15-14(19)17(22)24-18(15)23-16(21)12-7-3-2-4-8-12;1-11-7-9-13(10-8-11)20-15-14(19)17(22)24-18(15)23-16(21)12-5-3-2-4-6-12;18-12-9-5-4-8-11(12)15(21)23-17-14(13(19)16(22)24-17)20-10-6-2-1-3-7-10;18-13-14(19-11-8-4-5-9-12(11)20)17(24-16(13)22)23-15(21)10-6-2-1-3-7-10/h3*2-10,18,20H,1H3;1-9,17,20H;1-9,17,19-20H. The second-order valence-electron chi connectivity index (χ2n) is 25.4. The lowest BCUT2D eigenvalue weighted by molar-refractivity contribution is -0.153. The SMILES string of the molecule is Cc1ccc(NC2=C(Cl)C(=O)OC2OC(=O)c2ccccc2)cc1.Cc1cccc(NC2=C(Cl)C(=O)OC2OC(=O)c2ccccc2)c1.Cc1ccccc1NC1=C(Cl)C(=O)OC1OC(=O)c1ccccc1.O=C1OC(OC(=O)c2ccccc2)C(Nc2ccccc2O)=C1Cl.O=C1OC(OC(=O)c2ccccc2Br)C(Nc2ccccc2)=C1Cl. The van der Waals surface area contributed by atoms with Crippen LogP contribution in [0.4, 0.5) is 28.4 Å². The van der Waals surface area contributed by atoms with Crippen LogP contribution in [0.1, 0.15) is 68.5 Å². The molecule has 5 heterocycles. The highest BCUT2D eigenvalue weighted by molar-refractivity contribution is 9.10. The van der Waals surface area contributed by atoms with Crippen LogP contribution in [-0.2, 0) is 71.3 Å². The second kappa shape index (κ2) is 41.4. The van der Waals surface area contributed by atoms with Crippen LogP contribution in [0.2, 0.25) is 0 Å². The van der Waals surface area contributed by atoms with Crippen molar-refractivity contribution in [1.82, 2.24) is 0 Å². The molecule has 5 aliphatic rings. The van der Waals surface area contributed by atoms with E-state index in [1.165, 1.54) is 6.07 Å². The number of para-hydroxylation sites is 4. The number of benzene rings is 10. The van der Waals surface area contributed by atoms with E-state index in [2.05, 4.69) is 42.5 Å². The third kappa shape index (κ3) is 23.2. The van der Waals surface area contributed by atoms with Crippen molar-refractivity contribution in [2.75, 3.05) is 26.6 Å². The molecule has 0 bridgehead atoms. The summed E-state index contributed by atoms with van der Waals surface area (Å²) >= 11 is 33.2. The minimum atomic E-state index is -1.32. The Kier molecular flexibility index (Phi) is 30.1. The van der Waals surface area contributed by atoms with Gasteiger partial charge < -0.3 is 79.1 Å². The van der Waals surface area contributed by atoms with Gasteiger partial charge in [0, 0.05) is 27.2 Å². The number of nitrogens with one attached hydrogen (secondary N) is 5. The Labute approximate surface area is 717 Å². The molecule has 5 unspecified atom stereocenters. The Morgan fingerprint density at radius 2 is 0.600 bits per heavy atom. The van der Waals surface area contributed by atoms with Crippen LogP contribution >= 0.6 is 73.9 Å². The summed E-state index contributed by atoms with van der Waals surface area (Å²) in [6.07, 6.45) is -6.18. The molecule has 10 aromatic carbocycles. The van der Waals surface area contributed by atoms with Gasteiger partial charge in [-0.3, -0.25) is 0 Å². The molecule has 10 aromatic rings. The van der Waals surface area contributed by atoms with Gasteiger partial charge in [-0.1, -0.05) is 221 Å². The van der Waals surface area contributed by atoms with Gasteiger partial charge >= 0.3 is 59.7 Å². The molecule has 120 heavy (non-hydrogen) atoms. The molecular formula is C88H65BrCl5N5O21. The molecule has 5 atom stereocenters. The van der Waals surface area contributed by atoms with Crippen molar-refractivity contribution in [3.05, 3.63) is 376 Å². The molecule has 0 saturated carbocycles. The van der Waals surface area contributed by atoms with Crippen LogP contribution in [0.25, 0.3) is 0 Å². The first-order valence-corrected chi connectivity index (χ1v) is 38.4. The van der Waals surface area contributed by atoms with Crippen LogP contribution < -0.4 is 26.6 Å². The van der Waals surface area contributed by atoms with E-state index in [4.69, 9.17) is 105 Å². The monoisotopic (exact) mass is 1780 g/mol. The number of phenolic OH excluding ortho intramolecular Hbond substituents is 1. The summed E-state index contributed by atoms with van der Waals surface area (Å²) in [7, 11) is 0. The topological polar surface area (TPSA) is 343 Å². The fraction of sp³-hybridized carbons (Fsp3) is 0.0909. The number of phenols is 1. The average molecular weight is 1790 g/mol. The molecule has 0 aliphatic carbocycles. The van der Waals surface area contributed by atoms with Gasteiger partial charge in [-0.15, -0.1) is 0 Å². The van der Waals surface area contributed by atoms with Crippen LogP contribution in [0, 0.1) is 20.8 Å². The molecule has 610 valence electrons. The van der Waals surface area contributed by atoms with Crippen LogP contribution in [0.3, 0.4) is 0 Å². The average Bonchev–Trinajstić information content (AvgIpc) is 1.70. The number of halogens is 6. The lowest BCUT2D eigenvalue weighted by Crippen LogP contribution is -2.24. The number of rotatable bonds is 20. The van der Waals surface area contributed by atoms with Gasteiger partial charge in [0.05, 0.1) is 33.5 Å². The quantitative estimate of drug-likeness (QED) is 0.0234. The third-order valence-electron chi connectivity index (χ3n) is 16.8. The van der Waals surface area contributed by atoms with E-state index in [9.17, 15) is 53.1 Å². The Morgan fingerprint density at radius 3 is 0.967 bits per heavy atom. The molecule has 0 amide bonds. The molecule has 32 heteroatoms. The van der Waals surface area contributed by atoms with E-state index in [-0.39, 0.29) is 59.4 Å². The first-order chi connectivity index (χ1) is 57.8. The fourth-order valence-electron chi connectivity index (χ4n) is 10.8. The number of carbonyl (C=O) groups is 10. The third-order valence-corrected chi connectivity index (χ3v) is 19.3. The number of aryl methyl sites for hydroxylation is 3. The van der Waals surface area contributed by atoms with Gasteiger partial charge in [0.1, 0.15) is 34.2 Å². The lowest BCUT2D eigenvalue weighted by atomic mass is 10.2. The zero-order chi connectivity index (χ0) is 85.5. The highest BCUT2D eigenvalue weighted by atomic mass is 79.9. The van der Waals surface area contributed by atoms with Gasteiger partial charge in [0.2, 0.25) is 0 Å². The van der Waals surface area contributed by atoms with E-state index < -0.39 is 91.1 Å². The van der Waals surface area contributed by atoms with E-state index in [0.717, 1.165) is 22.4 Å². The van der Waals surface area contributed by atoms with E-state index >= 15 is 0 Å². The summed E-state index contributed by atoms with van der Waals surface area (Å²) in [6, 6.07) is 78.1. The highest BCUT2D eigenvalue weighted by Crippen LogP contribution is 2.36. The van der Waals surface area contributed by atoms with Gasteiger partial charge in [0.25, 0.3) is 31.5 Å². The number of ether oxygens (including phenoxy) is 10. The van der Waals surface area contributed by atoms with Crippen LogP contribution in [-0.4, -0.2) is 96.2 Å². The van der Waals surface area contributed by atoms with Crippen molar-refractivity contribution >= 4 is 162 Å². The minimum absolute atomic E-state index is 0.0486. The van der Waals surface area contributed by atoms with Crippen molar-refractivity contribution in [2.24, 2.45) is 0 Å². The second-order valence-corrected chi connectivity index (χ2v) is 28.1. The van der Waals surface area contributed by atoms with Crippen molar-refractivity contribution < 1.29 is 100 Å². The van der Waals surface area contributed by atoms with Crippen molar-refractivity contribution in [3.63, 3.8) is 0 Å². The van der Waals surface area contributed by atoms with Gasteiger partial charge in [0.15, 0.2) is 25.2 Å². The number of esters is 10. The van der Waals surface area contributed by atoms with E-state index in [1.807, 2.05) is 112 Å². The lowest BCUT2D eigenvalue weighted by Gasteiger charge is -2.17. The molecule has 0 fully saturated rings. The molecule has 15 rings (SSSR count). The molecule has 0 spiro atoms. The summed E-state index contributed by atoms with van der Waals surface area (Å²) in [5.74, 6) is -6.97. The maximum atomic E-state index is 12.3. The van der Waals surface area contributed by atoms with Gasteiger partial charge in [-0.2, -0.15) is 0 Å². The Hall–Kier alpha value is -13.7. The minimum Gasteiger partial charge on any atom is -0.506 e. The molecule has 26 nitrogen and oxygen atoms in total. The van der Waals surface area contributed by atoms with E-state index in [0.29, 0.717) is 55.0 Å². The number of aromatic hydroxyl groups is 1. The number of hydrogen-bond donors (Lipinski definition) is 6. The molecule has 6 N–H and O–H groups in total. The molecule has 0 radical (unpaired) electrons. The smallest absolute Gasteiger partial charge is 0.355 e. The molecular weight excluding hydrogens is 1720 g/mol. The Morgan fingerprint density at radius 1 is 0.308 bits per heavy atom. The predicted molar refractivity (Wildman–Crippen MR) is 447 cm³/mol. The maximum absolute atomic E-state index is 12.3. The van der Waals surface area contributed by atoms with Crippen molar-refractivity contribution in [3.8, 4) is 5.75 Å². The zero-order valence-corrected chi connectivity index (χ0v) is 68.1. The van der Waals surface area contributed by atoms with Gasteiger partial charge in [-0.25, -0.2) is 47.9 Å². The van der Waals surface area contributed by atoms with Crippen LogP contribution in [0.5, 0.6) is 5.75 Å². The first kappa shape index (κ1) is 87.2. The van der Waals surface area contributed by atoms with Gasteiger partial charge in [-0.05, 0) is 163 Å². The Bertz CT molecular complexity index is 5550. The zero-order valence-electron chi connectivity index (χ0n) is 62.7. The summed E-state index contributed by atoms with van der Waals surface area (Å²) in [5, 5.41) is 23.7. The largest absolute Gasteiger partial charge is 0.506 e. The predicted octanol–water partition coefficient (Wildman–Crippen LogP) is 17.8. The normalized spacial score (nSPS) is 16.7. The van der Waals surface area contributed by atoms with Crippen molar-refractivity contribution in [2.45, 2.75) is 52.2 Å². The van der Waals surface area contributed by atoms with Crippen LogP contribution in [0.15, 0.2) is 331 Å². The number of carbonyl (C=O) groups excluding carboxylic acids is 10. The number of anilines is 5. The van der Waals surface area contributed by atoms with E-state index in [1.54, 1.807) is 176 Å². The fourth-order valence-corrected chi connectivity index (χ4v) is 12.1. The molecule has 0 saturated heterocycles. The molecule has 5 aliphatic heterocycles. The molecule has 0 aromatic heterocycles. The summed E-state index contributed by atoms with van der Waals surface area (Å²) in [5.41, 5.74) is 8.73. The first-order valence-electron chi connectivity index (χ1n) is 35.7. The number of cyclic esters (lactones) is 5. The summed E-state index contributed by atoms with van der Waals surface area (Å²) in [6.45, 7) is 5.80. The van der Waals surface area contributed by atoms with Crippen molar-refractivity contribution in [1.29, 1.82) is 0 Å².